The number of hydrogen-bond acceptors (Lipinski definition) is 7. The van der Waals surface area contributed by atoms with Gasteiger partial charge < -0.3 is 9.05 Å². The Hall–Kier alpha value is 0.390. The van der Waals surface area contributed by atoms with Gasteiger partial charge in [-0.05, 0) is 14.1 Å². The molecule has 2 atom stereocenters. The summed E-state index contributed by atoms with van der Waals surface area (Å²) < 4.78 is 53.7. The van der Waals surface area contributed by atoms with Crippen LogP contribution in [0.1, 0.15) is 0 Å². The highest BCUT2D eigenvalue weighted by Crippen LogP contribution is 2.83. The van der Waals surface area contributed by atoms with Crippen LogP contribution in [0.5, 0.6) is 0 Å². The van der Waals surface area contributed by atoms with Gasteiger partial charge in [0.15, 0.2) is 0 Å². The molecule has 7 nitrogen and oxygen atoms in total. The van der Waals surface area contributed by atoms with E-state index >= 15 is 0 Å². The summed E-state index contributed by atoms with van der Waals surface area (Å²) in [6.07, 6.45) is 0. The van der Waals surface area contributed by atoms with Crippen molar-refractivity contribution in [1.29, 1.82) is 0 Å². The molecular formula is C6H14F2N5O2P3. The average Bonchev–Trinajstić information content (AvgIpc) is 2.72. The number of likely N-dealkylation sites (N-methyl/N-ethyl adjacent to an activating group) is 2. The molecule has 2 saturated heterocycles. The average molecular weight is 319 g/mol. The topological polar surface area (TPSA) is 62.0 Å². The first kappa shape index (κ1) is 13.4. The number of rotatable bonds is 0. The van der Waals surface area contributed by atoms with Gasteiger partial charge in [-0.15, -0.1) is 17.4 Å². The number of hydrogen-bond donors (Lipinski definition) is 0. The molecule has 0 radical (unpaired) electrons. The SMILES string of the molecule is CN1CCOP12=NP(F)(F)=NP1(=N2)OCCN1C. The van der Waals surface area contributed by atoms with Crippen LogP contribution in [-0.4, -0.2) is 49.7 Å². The Morgan fingerprint density at radius 3 is 1.83 bits per heavy atom. The summed E-state index contributed by atoms with van der Waals surface area (Å²) >= 11 is 0. The molecule has 2 unspecified atom stereocenters. The molecule has 0 aromatic carbocycles. The standard InChI is InChI=1S/C6H14F2N5O2P3/c1-12-3-5-14-17(12)9-16(7,8)10-18(11-17)13(2)4-6-15-18/h3-6H2,1-2H3. The highest BCUT2D eigenvalue weighted by atomic mass is 31.3. The predicted molar refractivity (Wildman–Crippen MR) is 67.4 cm³/mol. The van der Waals surface area contributed by atoms with Crippen LogP contribution in [0.4, 0.5) is 8.39 Å². The fourth-order valence-corrected chi connectivity index (χ4v) is 11.5. The van der Waals surface area contributed by atoms with Gasteiger partial charge in [0.25, 0.3) is 15.2 Å². The van der Waals surface area contributed by atoms with Gasteiger partial charge >= 0.3 is 7.83 Å². The third kappa shape index (κ3) is 1.97. The van der Waals surface area contributed by atoms with Crippen LogP contribution < -0.4 is 0 Å². The molecule has 3 aliphatic rings. The monoisotopic (exact) mass is 319 g/mol. The highest BCUT2D eigenvalue weighted by Gasteiger charge is 2.47. The summed E-state index contributed by atoms with van der Waals surface area (Å²) in [6, 6.07) is 0. The molecular weight excluding hydrogens is 305 g/mol. The lowest BCUT2D eigenvalue weighted by Crippen LogP contribution is -2.12. The molecule has 0 amide bonds. The van der Waals surface area contributed by atoms with Crippen LogP contribution in [-0.2, 0) is 9.05 Å². The van der Waals surface area contributed by atoms with Gasteiger partial charge in [-0.3, -0.25) is 0 Å². The van der Waals surface area contributed by atoms with Gasteiger partial charge in [-0.25, -0.2) is 9.34 Å². The third-order valence-corrected chi connectivity index (χ3v) is 11.6. The third-order valence-electron chi connectivity index (χ3n) is 2.93. The minimum atomic E-state index is -4.72. The second-order valence-electron chi connectivity index (χ2n) is 4.18. The van der Waals surface area contributed by atoms with Gasteiger partial charge in [-0.1, -0.05) is 0 Å². The summed E-state index contributed by atoms with van der Waals surface area (Å²) in [5.74, 6) is 0. The van der Waals surface area contributed by atoms with Gasteiger partial charge in [0.2, 0.25) is 0 Å². The Bertz CT molecular complexity index is 526. The first-order chi connectivity index (χ1) is 8.38. The first-order valence-electron chi connectivity index (χ1n) is 5.41. The maximum atomic E-state index is 13.9. The van der Waals surface area contributed by atoms with Crippen molar-refractivity contribution in [2.24, 2.45) is 13.5 Å². The van der Waals surface area contributed by atoms with Crippen molar-refractivity contribution in [3.63, 3.8) is 0 Å². The lowest BCUT2D eigenvalue weighted by Gasteiger charge is -2.30. The smallest absolute Gasteiger partial charge is 0.314 e. The van der Waals surface area contributed by atoms with E-state index in [0.29, 0.717) is 26.3 Å². The molecule has 104 valence electrons. The summed E-state index contributed by atoms with van der Waals surface area (Å²) in [7, 11) is -7.16. The summed E-state index contributed by atoms with van der Waals surface area (Å²) in [5.41, 5.74) is 0. The largest absolute Gasteiger partial charge is 0.423 e. The summed E-state index contributed by atoms with van der Waals surface area (Å²) in [5, 5.41) is 0. The molecule has 0 bridgehead atoms. The summed E-state index contributed by atoms with van der Waals surface area (Å²) in [6.45, 7) is 1.87. The van der Waals surface area contributed by atoms with Gasteiger partial charge in [0, 0.05) is 13.1 Å². The second-order valence-corrected chi connectivity index (χ2v) is 11.2. The molecule has 2 spiro atoms. The molecule has 2 fully saturated rings. The minimum Gasteiger partial charge on any atom is -0.314 e. The van der Waals surface area contributed by atoms with Gasteiger partial charge in [0.05, 0.1) is 13.2 Å². The van der Waals surface area contributed by atoms with Crippen molar-refractivity contribution in [1.82, 2.24) is 9.34 Å². The van der Waals surface area contributed by atoms with Crippen LogP contribution in [0.15, 0.2) is 13.5 Å². The quantitative estimate of drug-likeness (QED) is 0.639. The lowest BCUT2D eigenvalue weighted by atomic mass is 10.7. The normalized spacial score (nSPS) is 44.0. The zero-order valence-electron chi connectivity index (χ0n) is 9.98. The summed E-state index contributed by atoms with van der Waals surface area (Å²) in [4.78, 5) is 0. The van der Waals surface area contributed by atoms with Crippen LogP contribution in [0, 0.1) is 0 Å². The van der Waals surface area contributed by atoms with Crippen LogP contribution in [0.3, 0.4) is 0 Å². The van der Waals surface area contributed by atoms with Crippen molar-refractivity contribution < 1.29 is 17.4 Å². The fraction of sp³-hybridized carbons (Fsp3) is 1.00. The van der Waals surface area contributed by atoms with Gasteiger partial charge in [-0.2, -0.15) is 4.52 Å². The first-order valence-corrected chi connectivity index (χ1v) is 10.0. The van der Waals surface area contributed by atoms with Crippen molar-refractivity contribution in [2.75, 3.05) is 40.4 Å². The second kappa shape index (κ2) is 4.19. The molecule has 3 heterocycles. The zero-order chi connectivity index (χ0) is 13.0. The van der Waals surface area contributed by atoms with E-state index in [1.807, 2.05) is 0 Å². The Balaban J connectivity index is 2.24. The lowest BCUT2D eigenvalue weighted by molar-refractivity contribution is 0.384. The van der Waals surface area contributed by atoms with E-state index in [2.05, 4.69) is 13.5 Å². The predicted octanol–water partition coefficient (Wildman–Crippen LogP) is 3.70. The number of nitrogens with zero attached hydrogens (tertiary/aromatic N) is 5. The highest BCUT2D eigenvalue weighted by molar-refractivity contribution is 7.79. The number of halogens is 2. The Kier molecular flexibility index (Phi) is 3.11. The molecule has 18 heavy (non-hydrogen) atoms. The van der Waals surface area contributed by atoms with E-state index in [1.54, 1.807) is 23.4 Å². The van der Waals surface area contributed by atoms with Crippen molar-refractivity contribution in [2.45, 2.75) is 0 Å². The molecule has 0 aromatic rings. The van der Waals surface area contributed by atoms with Crippen LogP contribution >= 0.6 is 23.0 Å². The molecule has 12 heteroatoms. The van der Waals surface area contributed by atoms with Crippen molar-refractivity contribution >= 4 is 23.0 Å². The Morgan fingerprint density at radius 2 is 1.39 bits per heavy atom. The molecule has 3 rings (SSSR count). The minimum absolute atomic E-state index is 0.376. The zero-order valence-corrected chi connectivity index (χ0v) is 12.7. The van der Waals surface area contributed by atoms with E-state index in [9.17, 15) is 8.39 Å². The van der Waals surface area contributed by atoms with Crippen LogP contribution in [0.25, 0.3) is 0 Å². The van der Waals surface area contributed by atoms with E-state index in [-0.39, 0.29) is 0 Å². The molecule has 0 N–H and O–H groups in total. The maximum Gasteiger partial charge on any atom is 0.423 e. The van der Waals surface area contributed by atoms with E-state index in [1.165, 1.54) is 0 Å². The molecule has 0 aliphatic carbocycles. The van der Waals surface area contributed by atoms with Crippen molar-refractivity contribution in [3.8, 4) is 0 Å². The van der Waals surface area contributed by atoms with E-state index < -0.39 is 23.0 Å². The van der Waals surface area contributed by atoms with Gasteiger partial charge in [0.1, 0.15) is 0 Å². The van der Waals surface area contributed by atoms with Crippen LogP contribution in [0.2, 0.25) is 0 Å². The van der Waals surface area contributed by atoms with E-state index in [4.69, 9.17) is 9.05 Å². The van der Waals surface area contributed by atoms with Crippen molar-refractivity contribution in [3.05, 3.63) is 0 Å². The fourth-order valence-electron chi connectivity index (χ4n) is 1.91. The molecule has 0 saturated carbocycles. The Labute approximate surface area is 104 Å². The maximum absolute atomic E-state index is 13.9. The molecule has 3 aliphatic heterocycles. The molecule has 0 aromatic heterocycles. The van der Waals surface area contributed by atoms with E-state index in [0.717, 1.165) is 0 Å². The Morgan fingerprint density at radius 1 is 0.889 bits per heavy atom.